The van der Waals surface area contributed by atoms with E-state index in [-0.39, 0.29) is 0 Å². The molecule has 5 heteroatoms. The second-order valence-electron chi connectivity index (χ2n) is 3.58. The zero-order chi connectivity index (χ0) is 9.54. The molecule has 3 rings (SSSR count). The van der Waals surface area contributed by atoms with Crippen molar-refractivity contribution in [3.05, 3.63) is 17.8 Å². The van der Waals surface area contributed by atoms with E-state index in [9.17, 15) is 0 Å². The quantitative estimate of drug-likeness (QED) is 0.675. The van der Waals surface area contributed by atoms with Crippen LogP contribution in [0.1, 0.15) is 25.3 Å². The van der Waals surface area contributed by atoms with Crippen LogP contribution in [-0.4, -0.2) is 19.5 Å². The zero-order valence-electron chi connectivity index (χ0n) is 7.52. The second kappa shape index (κ2) is 2.92. The molecule has 2 aromatic heterocycles. The van der Waals surface area contributed by atoms with E-state index >= 15 is 0 Å². The molecule has 1 fully saturated rings. The van der Waals surface area contributed by atoms with Gasteiger partial charge in [-0.05, 0) is 30.9 Å². The van der Waals surface area contributed by atoms with Crippen LogP contribution in [0.4, 0.5) is 0 Å². The number of imidazole rings is 1. The van der Waals surface area contributed by atoms with Gasteiger partial charge in [-0.2, -0.15) is 4.98 Å². The van der Waals surface area contributed by atoms with Crippen molar-refractivity contribution >= 4 is 22.8 Å². The van der Waals surface area contributed by atoms with Crippen LogP contribution in [0.2, 0.25) is 5.28 Å². The minimum absolute atomic E-state index is 0.290. The van der Waals surface area contributed by atoms with E-state index in [1.54, 1.807) is 6.20 Å². The first kappa shape index (κ1) is 8.17. The standard InChI is InChI=1S/C9H9ClN4/c10-9-11-4-7-8(13-9)14(5-12-7)6-2-1-3-6/h4-6H,1-3H2. The van der Waals surface area contributed by atoms with Crippen LogP contribution in [0.15, 0.2) is 12.5 Å². The van der Waals surface area contributed by atoms with Gasteiger partial charge in [0, 0.05) is 6.04 Å². The van der Waals surface area contributed by atoms with Crippen molar-refractivity contribution in [3.63, 3.8) is 0 Å². The highest BCUT2D eigenvalue weighted by atomic mass is 35.5. The summed E-state index contributed by atoms with van der Waals surface area (Å²) in [6.07, 6.45) is 7.22. The average molecular weight is 209 g/mol. The fourth-order valence-corrected chi connectivity index (χ4v) is 1.87. The van der Waals surface area contributed by atoms with E-state index in [1.807, 2.05) is 6.33 Å². The molecule has 2 heterocycles. The zero-order valence-corrected chi connectivity index (χ0v) is 8.28. The molecule has 0 unspecified atom stereocenters. The summed E-state index contributed by atoms with van der Waals surface area (Å²) in [6, 6.07) is 0.561. The van der Waals surface area contributed by atoms with E-state index in [0.717, 1.165) is 11.2 Å². The van der Waals surface area contributed by atoms with Crippen LogP contribution in [0.25, 0.3) is 11.2 Å². The molecular weight excluding hydrogens is 200 g/mol. The molecule has 1 aliphatic carbocycles. The van der Waals surface area contributed by atoms with Gasteiger partial charge >= 0.3 is 0 Å². The molecule has 1 aliphatic rings. The fraction of sp³-hybridized carbons (Fsp3) is 0.444. The maximum absolute atomic E-state index is 5.75. The van der Waals surface area contributed by atoms with Crippen molar-refractivity contribution in [2.75, 3.05) is 0 Å². The summed E-state index contributed by atoms with van der Waals surface area (Å²) in [5.41, 5.74) is 1.68. The molecule has 0 aromatic carbocycles. The number of aromatic nitrogens is 4. The van der Waals surface area contributed by atoms with Gasteiger partial charge in [0.1, 0.15) is 5.52 Å². The normalized spacial score (nSPS) is 17.2. The summed E-state index contributed by atoms with van der Waals surface area (Å²) >= 11 is 5.75. The Balaban J connectivity index is 2.18. The molecular formula is C9H9ClN4. The lowest BCUT2D eigenvalue weighted by atomic mass is 9.93. The molecule has 14 heavy (non-hydrogen) atoms. The highest BCUT2D eigenvalue weighted by Crippen LogP contribution is 2.33. The third-order valence-corrected chi connectivity index (χ3v) is 2.94. The topological polar surface area (TPSA) is 43.6 Å². The SMILES string of the molecule is Clc1ncc2ncn(C3CCC3)c2n1. The highest BCUT2D eigenvalue weighted by molar-refractivity contribution is 6.28. The third-order valence-electron chi connectivity index (χ3n) is 2.75. The smallest absolute Gasteiger partial charge is 0.224 e. The van der Waals surface area contributed by atoms with Crippen molar-refractivity contribution in [2.24, 2.45) is 0 Å². The molecule has 72 valence electrons. The number of nitrogens with zero attached hydrogens (tertiary/aromatic N) is 4. The van der Waals surface area contributed by atoms with Gasteiger partial charge in [0.05, 0.1) is 12.5 Å². The van der Waals surface area contributed by atoms with E-state index in [4.69, 9.17) is 11.6 Å². The Bertz CT molecular complexity index is 475. The Morgan fingerprint density at radius 1 is 1.36 bits per heavy atom. The van der Waals surface area contributed by atoms with E-state index in [1.165, 1.54) is 19.3 Å². The van der Waals surface area contributed by atoms with E-state index in [2.05, 4.69) is 19.5 Å². The first-order chi connectivity index (χ1) is 6.84. The summed E-state index contributed by atoms with van der Waals surface area (Å²) < 4.78 is 2.10. The van der Waals surface area contributed by atoms with Crippen LogP contribution in [-0.2, 0) is 0 Å². The Morgan fingerprint density at radius 3 is 2.93 bits per heavy atom. The Labute approximate surface area is 85.9 Å². The summed E-state index contributed by atoms with van der Waals surface area (Å²) in [7, 11) is 0. The maximum atomic E-state index is 5.75. The maximum Gasteiger partial charge on any atom is 0.224 e. The van der Waals surface area contributed by atoms with Gasteiger partial charge in [0.25, 0.3) is 0 Å². The van der Waals surface area contributed by atoms with Crippen molar-refractivity contribution in [1.29, 1.82) is 0 Å². The van der Waals surface area contributed by atoms with Crippen molar-refractivity contribution < 1.29 is 0 Å². The van der Waals surface area contributed by atoms with Crippen LogP contribution in [0.5, 0.6) is 0 Å². The average Bonchev–Trinajstić information content (AvgIpc) is 2.46. The first-order valence-corrected chi connectivity index (χ1v) is 5.07. The number of halogens is 1. The van der Waals surface area contributed by atoms with Gasteiger partial charge in [0.15, 0.2) is 5.65 Å². The third kappa shape index (κ3) is 1.10. The largest absolute Gasteiger partial charge is 0.312 e. The molecule has 1 saturated carbocycles. The Morgan fingerprint density at radius 2 is 2.21 bits per heavy atom. The van der Waals surface area contributed by atoms with Crippen LogP contribution < -0.4 is 0 Å². The van der Waals surface area contributed by atoms with Crippen LogP contribution in [0, 0.1) is 0 Å². The van der Waals surface area contributed by atoms with Gasteiger partial charge in [-0.25, -0.2) is 9.97 Å². The van der Waals surface area contributed by atoms with Crippen LogP contribution >= 0.6 is 11.6 Å². The molecule has 0 radical (unpaired) electrons. The van der Waals surface area contributed by atoms with Crippen molar-refractivity contribution in [2.45, 2.75) is 25.3 Å². The van der Waals surface area contributed by atoms with Gasteiger partial charge in [-0.3, -0.25) is 0 Å². The number of hydrogen-bond donors (Lipinski definition) is 0. The molecule has 0 atom stereocenters. The summed E-state index contributed by atoms with van der Waals surface area (Å²) in [4.78, 5) is 12.3. The predicted octanol–water partition coefficient (Wildman–Crippen LogP) is 2.20. The highest BCUT2D eigenvalue weighted by Gasteiger charge is 2.21. The molecule has 0 N–H and O–H groups in total. The minimum atomic E-state index is 0.290. The fourth-order valence-electron chi connectivity index (χ4n) is 1.74. The summed E-state index contributed by atoms with van der Waals surface area (Å²) in [5.74, 6) is 0. The molecule has 0 amide bonds. The van der Waals surface area contributed by atoms with E-state index < -0.39 is 0 Å². The van der Waals surface area contributed by atoms with Gasteiger partial charge in [-0.1, -0.05) is 0 Å². The first-order valence-electron chi connectivity index (χ1n) is 4.69. The monoisotopic (exact) mass is 208 g/mol. The lowest BCUT2D eigenvalue weighted by molar-refractivity contribution is 0.319. The Kier molecular flexibility index (Phi) is 1.70. The molecule has 0 saturated heterocycles. The lowest BCUT2D eigenvalue weighted by Crippen LogP contribution is -2.16. The number of hydrogen-bond acceptors (Lipinski definition) is 3. The number of fused-ring (bicyclic) bond motifs is 1. The molecule has 0 aliphatic heterocycles. The minimum Gasteiger partial charge on any atom is -0.312 e. The van der Waals surface area contributed by atoms with E-state index in [0.29, 0.717) is 11.3 Å². The van der Waals surface area contributed by atoms with Gasteiger partial charge < -0.3 is 4.57 Å². The summed E-state index contributed by atoms with van der Waals surface area (Å²) in [5, 5.41) is 0.290. The van der Waals surface area contributed by atoms with Crippen molar-refractivity contribution in [1.82, 2.24) is 19.5 Å². The molecule has 4 nitrogen and oxygen atoms in total. The molecule has 2 aromatic rings. The van der Waals surface area contributed by atoms with Crippen molar-refractivity contribution in [3.8, 4) is 0 Å². The second-order valence-corrected chi connectivity index (χ2v) is 3.92. The van der Waals surface area contributed by atoms with Gasteiger partial charge in [-0.15, -0.1) is 0 Å². The summed E-state index contributed by atoms with van der Waals surface area (Å²) in [6.45, 7) is 0. The lowest BCUT2D eigenvalue weighted by Gasteiger charge is -2.26. The number of rotatable bonds is 1. The predicted molar refractivity (Wildman–Crippen MR) is 53.2 cm³/mol. The van der Waals surface area contributed by atoms with Crippen LogP contribution in [0.3, 0.4) is 0 Å². The van der Waals surface area contributed by atoms with Gasteiger partial charge in [0.2, 0.25) is 5.28 Å². The Hall–Kier alpha value is -1.16. The molecule has 0 bridgehead atoms. The molecule has 0 spiro atoms.